The van der Waals surface area contributed by atoms with Crippen molar-refractivity contribution in [1.29, 1.82) is 0 Å². The third-order valence-electron chi connectivity index (χ3n) is 5.10. The Bertz CT molecular complexity index is 924. The predicted molar refractivity (Wildman–Crippen MR) is 129 cm³/mol. The van der Waals surface area contributed by atoms with Gasteiger partial charge < -0.3 is 14.7 Å². The van der Waals surface area contributed by atoms with E-state index < -0.39 is 0 Å². The Hall–Kier alpha value is -2.46. The highest BCUT2D eigenvalue weighted by atomic mass is 127. The number of hydrogen-bond donors (Lipinski definition) is 1. The molecule has 0 spiro atoms. The maximum absolute atomic E-state index is 4.92. The number of pyridine rings is 1. The molecular weight excluding hydrogens is 491 g/mol. The third-order valence-corrected chi connectivity index (χ3v) is 5.10. The zero-order valence-electron chi connectivity index (χ0n) is 17.1. The van der Waals surface area contributed by atoms with Crippen molar-refractivity contribution in [2.45, 2.75) is 13.1 Å². The van der Waals surface area contributed by atoms with Crippen LogP contribution in [0.25, 0.3) is 11.3 Å². The van der Waals surface area contributed by atoms with Crippen LogP contribution in [0.15, 0.2) is 70.5 Å². The fourth-order valence-corrected chi connectivity index (χ4v) is 3.55. The van der Waals surface area contributed by atoms with Gasteiger partial charge in [-0.2, -0.15) is 0 Å². The van der Waals surface area contributed by atoms with Crippen LogP contribution < -0.4 is 5.32 Å². The van der Waals surface area contributed by atoms with Crippen molar-refractivity contribution in [3.8, 4) is 11.3 Å². The van der Waals surface area contributed by atoms with Gasteiger partial charge in [-0.15, -0.1) is 24.0 Å². The van der Waals surface area contributed by atoms with Crippen molar-refractivity contribution in [3.63, 3.8) is 0 Å². The molecule has 3 aromatic rings. The smallest absolute Gasteiger partial charge is 0.194 e. The van der Waals surface area contributed by atoms with Crippen molar-refractivity contribution >= 4 is 29.9 Å². The number of piperazine rings is 1. The zero-order valence-corrected chi connectivity index (χ0v) is 19.4. The molecule has 1 aliphatic heterocycles. The van der Waals surface area contributed by atoms with E-state index in [0.29, 0.717) is 0 Å². The van der Waals surface area contributed by atoms with Crippen LogP contribution in [0.5, 0.6) is 0 Å². The van der Waals surface area contributed by atoms with E-state index in [9.17, 15) is 0 Å². The summed E-state index contributed by atoms with van der Waals surface area (Å²) >= 11 is 0. The number of aliphatic imine (C=N–C) groups is 1. The van der Waals surface area contributed by atoms with Crippen LogP contribution >= 0.6 is 24.0 Å². The van der Waals surface area contributed by atoms with Crippen molar-refractivity contribution in [3.05, 3.63) is 72.2 Å². The molecule has 0 aliphatic carbocycles. The first-order valence-electron chi connectivity index (χ1n) is 9.89. The van der Waals surface area contributed by atoms with E-state index in [1.165, 1.54) is 5.56 Å². The molecule has 0 atom stereocenters. The van der Waals surface area contributed by atoms with E-state index >= 15 is 0 Å². The number of halogens is 1. The normalized spacial score (nSPS) is 15.0. The summed E-state index contributed by atoms with van der Waals surface area (Å²) in [6.07, 6.45) is 3.45. The molecule has 8 heteroatoms. The summed E-state index contributed by atoms with van der Waals surface area (Å²) in [7, 11) is 1.84. The summed E-state index contributed by atoms with van der Waals surface area (Å²) < 4.78 is 4.92. The largest absolute Gasteiger partial charge is 0.364 e. The molecule has 0 bridgehead atoms. The molecule has 0 amide bonds. The number of hydrogen-bond acceptors (Lipinski definition) is 5. The van der Waals surface area contributed by atoms with E-state index in [1.807, 2.05) is 37.5 Å². The van der Waals surface area contributed by atoms with Gasteiger partial charge in [0.05, 0.1) is 11.4 Å². The lowest BCUT2D eigenvalue weighted by Crippen LogP contribution is -2.52. The summed E-state index contributed by atoms with van der Waals surface area (Å²) in [4.78, 5) is 13.6. The molecule has 1 aliphatic rings. The average Bonchev–Trinajstić information content (AvgIpc) is 3.29. The standard InChI is InChI=1S/C22H26N6O.HI/c1-23-22(28-12-10-27(11-13-28)17-20-8-14-29-26-20)25-16-18-5-4-6-19(15-18)21-7-2-3-9-24-21;/h2-9,14-15H,10-13,16-17H2,1H3,(H,23,25);1H. The first-order valence-corrected chi connectivity index (χ1v) is 9.89. The lowest BCUT2D eigenvalue weighted by molar-refractivity contribution is 0.169. The Balaban J connectivity index is 0.00000256. The Morgan fingerprint density at radius 1 is 1.10 bits per heavy atom. The van der Waals surface area contributed by atoms with Crippen molar-refractivity contribution < 1.29 is 4.52 Å². The lowest BCUT2D eigenvalue weighted by Gasteiger charge is -2.36. The van der Waals surface area contributed by atoms with Gasteiger partial charge in [0.1, 0.15) is 6.26 Å². The van der Waals surface area contributed by atoms with Crippen LogP contribution in [0.1, 0.15) is 11.3 Å². The minimum absolute atomic E-state index is 0. The quantitative estimate of drug-likeness (QED) is 0.318. The van der Waals surface area contributed by atoms with E-state index in [0.717, 1.165) is 62.2 Å². The minimum Gasteiger partial charge on any atom is -0.364 e. The van der Waals surface area contributed by atoms with Crippen LogP contribution in [0.3, 0.4) is 0 Å². The number of nitrogens with zero attached hydrogens (tertiary/aromatic N) is 5. The summed E-state index contributed by atoms with van der Waals surface area (Å²) in [6.45, 7) is 5.38. The molecule has 0 radical (unpaired) electrons. The average molecular weight is 518 g/mol. The van der Waals surface area contributed by atoms with Crippen LogP contribution in [-0.2, 0) is 13.1 Å². The predicted octanol–water partition coefficient (Wildman–Crippen LogP) is 3.25. The summed E-state index contributed by atoms with van der Waals surface area (Å²) in [6, 6.07) is 16.4. The lowest BCUT2D eigenvalue weighted by atomic mass is 10.1. The number of rotatable bonds is 5. The molecule has 0 unspecified atom stereocenters. The molecule has 0 saturated carbocycles. The molecule has 3 heterocycles. The van der Waals surface area contributed by atoms with Gasteiger partial charge in [0.2, 0.25) is 0 Å². The third kappa shape index (κ3) is 5.79. The molecule has 1 aromatic carbocycles. The van der Waals surface area contributed by atoms with E-state index in [1.54, 1.807) is 6.26 Å². The Morgan fingerprint density at radius 2 is 1.97 bits per heavy atom. The fourth-order valence-electron chi connectivity index (χ4n) is 3.55. The minimum atomic E-state index is 0. The Morgan fingerprint density at radius 3 is 2.67 bits per heavy atom. The maximum atomic E-state index is 4.92. The van der Waals surface area contributed by atoms with Crippen molar-refractivity contribution in [2.75, 3.05) is 33.2 Å². The highest BCUT2D eigenvalue weighted by Gasteiger charge is 2.20. The Labute approximate surface area is 194 Å². The maximum Gasteiger partial charge on any atom is 0.194 e. The van der Waals surface area contributed by atoms with Gasteiger partial charge in [0, 0.05) is 64.1 Å². The van der Waals surface area contributed by atoms with E-state index in [-0.39, 0.29) is 24.0 Å². The topological polar surface area (TPSA) is 69.8 Å². The van der Waals surface area contributed by atoms with Gasteiger partial charge in [-0.05, 0) is 23.8 Å². The first-order chi connectivity index (χ1) is 14.3. The molecule has 1 saturated heterocycles. The van der Waals surface area contributed by atoms with Crippen LogP contribution in [0, 0.1) is 0 Å². The van der Waals surface area contributed by atoms with Gasteiger partial charge >= 0.3 is 0 Å². The van der Waals surface area contributed by atoms with Gasteiger partial charge in [-0.25, -0.2) is 0 Å². The second kappa shape index (κ2) is 11.1. The highest BCUT2D eigenvalue weighted by molar-refractivity contribution is 14.0. The van der Waals surface area contributed by atoms with Gasteiger partial charge in [-0.3, -0.25) is 14.9 Å². The van der Waals surface area contributed by atoms with Crippen LogP contribution in [-0.4, -0.2) is 59.1 Å². The monoisotopic (exact) mass is 518 g/mol. The number of benzene rings is 1. The molecule has 158 valence electrons. The number of nitrogens with one attached hydrogen (secondary N) is 1. The summed E-state index contributed by atoms with van der Waals surface area (Å²) in [5.41, 5.74) is 4.30. The molecule has 1 fully saturated rings. The first kappa shape index (κ1) is 22.2. The second-order valence-electron chi connectivity index (χ2n) is 7.07. The summed E-state index contributed by atoms with van der Waals surface area (Å²) in [5.74, 6) is 0.939. The number of guanidine groups is 1. The molecule has 30 heavy (non-hydrogen) atoms. The summed E-state index contributed by atoms with van der Waals surface area (Å²) in [5, 5.41) is 7.51. The molecule has 2 aromatic heterocycles. The number of aromatic nitrogens is 2. The van der Waals surface area contributed by atoms with Crippen LogP contribution in [0.2, 0.25) is 0 Å². The second-order valence-corrected chi connectivity index (χ2v) is 7.07. The van der Waals surface area contributed by atoms with Gasteiger partial charge in [-0.1, -0.05) is 29.4 Å². The highest BCUT2D eigenvalue weighted by Crippen LogP contribution is 2.17. The van der Waals surface area contributed by atoms with Crippen LogP contribution in [0.4, 0.5) is 0 Å². The van der Waals surface area contributed by atoms with E-state index in [4.69, 9.17) is 4.52 Å². The molecular formula is C22H27IN6O. The molecule has 7 nitrogen and oxygen atoms in total. The molecule has 4 rings (SSSR count). The Kier molecular flexibility index (Phi) is 8.21. The van der Waals surface area contributed by atoms with Gasteiger partial charge in [0.15, 0.2) is 5.96 Å². The fraction of sp³-hybridized carbons (Fsp3) is 0.318. The molecule has 1 N–H and O–H groups in total. The van der Waals surface area contributed by atoms with Crippen molar-refractivity contribution in [1.82, 2.24) is 25.3 Å². The van der Waals surface area contributed by atoms with E-state index in [2.05, 4.69) is 54.5 Å². The van der Waals surface area contributed by atoms with Crippen molar-refractivity contribution in [2.24, 2.45) is 4.99 Å². The SMILES string of the molecule is CN=C(NCc1cccc(-c2ccccn2)c1)N1CCN(Cc2ccon2)CC1.I. The zero-order chi connectivity index (χ0) is 19.9. The van der Waals surface area contributed by atoms with Gasteiger partial charge in [0.25, 0.3) is 0 Å².